The van der Waals surface area contributed by atoms with Crippen LogP contribution in [0, 0.1) is 10.1 Å². The highest BCUT2D eigenvalue weighted by molar-refractivity contribution is 7.88. The first-order valence-corrected chi connectivity index (χ1v) is 13.8. The molecule has 2 N–H and O–H groups in total. The molecule has 2 aliphatic heterocycles. The van der Waals surface area contributed by atoms with E-state index in [0.717, 1.165) is 31.6 Å². The van der Waals surface area contributed by atoms with Crippen LogP contribution >= 0.6 is 12.2 Å². The lowest BCUT2D eigenvalue weighted by molar-refractivity contribution is -0.384. The third-order valence-electron chi connectivity index (χ3n) is 6.31. The Hall–Kier alpha value is -3.29. The molecule has 13 heteroatoms. The molecule has 1 amide bonds. The van der Waals surface area contributed by atoms with Gasteiger partial charge in [-0.2, -0.15) is 4.31 Å². The van der Waals surface area contributed by atoms with Crippen LogP contribution in [0.4, 0.5) is 22.7 Å². The van der Waals surface area contributed by atoms with E-state index < -0.39 is 20.9 Å². The van der Waals surface area contributed by atoms with E-state index in [4.69, 9.17) is 12.2 Å². The molecule has 2 fully saturated rings. The fourth-order valence-electron chi connectivity index (χ4n) is 4.48. The molecule has 0 unspecified atom stereocenters. The molecule has 2 saturated heterocycles. The lowest BCUT2D eigenvalue weighted by Gasteiger charge is -2.35. The van der Waals surface area contributed by atoms with Gasteiger partial charge in [0.05, 0.1) is 22.6 Å². The molecule has 2 aromatic rings. The summed E-state index contributed by atoms with van der Waals surface area (Å²) in [5, 5.41) is 17.3. The van der Waals surface area contributed by atoms with Crippen molar-refractivity contribution in [2.75, 3.05) is 60.6 Å². The van der Waals surface area contributed by atoms with Gasteiger partial charge in [-0.15, -0.1) is 0 Å². The van der Waals surface area contributed by atoms with Crippen molar-refractivity contribution in [3.63, 3.8) is 0 Å². The number of rotatable bonds is 6. The molecule has 11 nitrogen and oxygen atoms in total. The Kier molecular flexibility index (Phi) is 7.71. The van der Waals surface area contributed by atoms with Crippen LogP contribution in [0.5, 0.6) is 0 Å². The second-order valence-corrected chi connectivity index (χ2v) is 11.1. The minimum absolute atomic E-state index is 0.0495. The van der Waals surface area contributed by atoms with E-state index in [-0.39, 0.29) is 16.4 Å². The van der Waals surface area contributed by atoms with E-state index in [1.165, 1.54) is 16.6 Å². The molecule has 0 saturated carbocycles. The van der Waals surface area contributed by atoms with Gasteiger partial charge in [-0.05, 0) is 49.3 Å². The molecule has 0 radical (unpaired) electrons. The molecule has 36 heavy (non-hydrogen) atoms. The van der Waals surface area contributed by atoms with Gasteiger partial charge in [0.25, 0.3) is 11.6 Å². The Balaban J connectivity index is 1.43. The minimum atomic E-state index is -3.24. The fourth-order valence-corrected chi connectivity index (χ4v) is 5.51. The molecule has 0 aliphatic carbocycles. The summed E-state index contributed by atoms with van der Waals surface area (Å²) >= 11 is 5.35. The standard InChI is InChI=1S/C23H28N6O5S2/c1-36(33,34)28-14-12-27(13-15-28)19-7-3-2-6-18(19)24-23(35)25-22(30)17-8-9-20(21(16-17)29(31)32)26-10-4-5-11-26/h2-3,6-9,16H,4-5,10-15H2,1H3,(H2,24,25,30,35). The van der Waals surface area contributed by atoms with E-state index >= 15 is 0 Å². The Labute approximate surface area is 215 Å². The van der Waals surface area contributed by atoms with Crippen molar-refractivity contribution in [2.24, 2.45) is 0 Å². The third-order valence-corrected chi connectivity index (χ3v) is 7.82. The van der Waals surface area contributed by atoms with Crippen molar-refractivity contribution in [1.29, 1.82) is 0 Å². The first-order chi connectivity index (χ1) is 17.1. The number of nitrogens with one attached hydrogen (secondary N) is 2. The van der Waals surface area contributed by atoms with Crippen LogP contribution in [0.25, 0.3) is 0 Å². The summed E-state index contributed by atoms with van der Waals surface area (Å²) < 4.78 is 25.0. The molecular formula is C23H28N6O5S2. The van der Waals surface area contributed by atoms with Crippen LogP contribution in [0.3, 0.4) is 0 Å². The van der Waals surface area contributed by atoms with Gasteiger partial charge in [0.2, 0.25) is 10.0 Å². The minimum Gasteiger partial charge on any atom is -0.367 e. The monoisotopic (exact) mass is 532 g/mol. The Morgan fingerprint density at radius 1 is 0.972 bits per heavy atom. The molecule has 2 aliphatic rings. The molecule has 2 heterocycles. The number of para-hydroxylation sites is 2. The summed E-state index contributed by atoms with van der Waals surface area (Å²) in [4.78, 5) is 28.0. The Morgan fingerprint density at radius 3 is 2.25 bits per heavy atom. The zero-order valence-corrected chi connectivity index (χ0v) is 21.5. The average Bonchev–Trinajstić information content (AvgIpc) is 3.38. The maximum absolute atomic E-state index is 12.8. The number of amides is 1. The summed E-state index contributed by atoms with van der Waals surface area (Å²) in [6.45, 7) is 3.28. The Morgan fingerprint density at radius 2 is 1.61 bits per heavy atom. The van der Waals surface area contributed by atoms with Crippen molar-refractivity contribution in [3.05, 3.63) is 58.1 Å². The van der Waals surface area contributed by atoms with E-state index in [9.17, 15) is 23.3 Å². The topological polar surface area (TPSA) is 128 Å². The highest BCUT2D eigenvalue weighted by Crippen LogP contribution is 2.32. The van der Waals surface area contributed by atoms with Gasteiger partial charge < -0.3 is 15.1 Å². The molecule has 0 spiro atoms. The first kappa shape index (κ1) is 25.8. The van der Waals surface area contributed by atoms with Crippen LogP contribution in [0.15, 0.2) is 42.5 Å². The molecular weight excluding hydrogens is 504 g/mol. The van der Waals surface area contributed by atoms with Gasteiger partial charge in [0, 0.05) is 50.9 Å². The van der Waals surface area contributed by atoms with Crippen molar-refractivity contribution < 1.29 is 18.1 Å². The summed E-state index contributed by atoms with van der Waals surface area (Å²) in [7, 11) is -3.24. The van der Waals surface area contributed by atoms with E-state index in [0.29, 0.717) is 37.6 Å². The molecule has 0 bridgehead atoms. The number of carbonyl (C=O) groups excluding carboxylic acids is 1. The maximum atomic E-state index is 12.8. The van der Waals surface area contributed by atoms with Crippen LogP contribution in [-0.2, 0) is 10.0 Å². The second kappa shape index (κ2) is 10.8. The van der Waals surface area contributed by atoms with E-state index in [2.05, 4.69) is 15.5 Å². The number of nitro groups is 1. The molecule has 192 valence electrons. The number of benzene rings is 2. The first-order valence-electron chi connectivity index (χ1n) is 11.6. The quantitative estimate of drug-likeness (QED) is 0.327. The van der Waals surface area contributed by atoms with Gasteiger partial charge >= 0.3 is 0 Å². The predicted molar refractivity (Wildman–Crippen MR) is 143 cm³/mol. The van der Waals surface area contributed by atoms with Crippen LogP contribution in [-0.4, -0.2) is 74.2 Å². The second-order valence-electron chi connectivity index (χ2n) is 8.73. The van der Waals surface area contributed by atoms with Gasteiger partial charge in [-0.3, -0.25) is 20.2 Å². The summed E-state index contributed by atoms with van der Waals surface area (Å²) in [5.74, 6) is -0.553. The SMILES string of the molecule is CS(=O)(=O)N1CCN(c2ccccc2NC(=S)NC(=O)c2ccc(N3CCCC3)c([N+](=O)[O-])c2)CC1. The van der Waals surface area contributed by atoms with E-state index in [1.807, 2.05) is 29.2 Å². The number of sulfonamides is 1. The number of piperazine rings is 1. The molecule has 4 rings (SSSR count). The maximum Gasteiger partial charge on any atom is 0.293 e. The summed E-state index contributed by atoms with van der Waals surface area (Å²) in [6.07, 6.45) is 3.16. The number of thiocarbonyl (C=S) groups is 1. The van der Waals surface area contributed by atoms with E-state index in [1.54, 1.807) is 12.1 Å². The molecule has 0 aromatic heterocycles. The zero-order chi connectivity index (χ0) is 25.9. The number of nitro benzene ring substituents is 1. The van der Waals surface area contributed by atoms with Gasteiger partial charge in [0.1, 0.15) is 5.69 Å². The highest BCUT2D eigenvalue weighted by Gasteiger charge is 2.26. The van der Waals surface area contributed by atoms with Crippen molar-refractivity contribution in [3.8, 4) is 0 Å². The lowest BCUT2D eigenvalue weighted by atomic mass is 10.1. The number of anilines is 3. The number of carbonyl (C=O) groups is 1. The smallest absolute Gasteiger partial charge is 0.293 e. The van der Waals surface area contributed by atoms with Crippen molar-refractivity contribution >= 4 is 56.0 Å². The number of hydrogen-bond donors (Lipinski definition) is 2. The molecule has 2 aromatic carbocycles. The summed E-state index contributed by atoms with van der Waals surface area (Å²) in [6, 6.07) is 11.8. The van der Waals surface area contributed by atoms with Crippen LogP contribution in [0.1, 0.15) is 23.2 Å². The van der Waals surface area contributed by atoms with Crippen molar-refractivity contribution in [2.45, 2.75) is 12.8 Å². The van der Waals surface area contributed by atoms with Gasteiger partial charge in [0.15, 0.2) is 5.11 Å². The summed E-state index contributed by atoms with van der Waals surface area (Å²) in [5.41, 5.74) is 2.03. The van der Waals surface area contributed by atoms with Gasteiger partial charge in [-0.25, -0.2) is 8.42 Å². The lowest BCUT2D eigenvalue weighted by Crippen LogP contribution is -2.48. The zero-order valence-electron chi connectivity index (χ0n) is 19.8. The normalized spacial score (nSPS) is 16.6. The highest BCUT2D eigenvalue weighted by atomic mass is 32.2. The molecule has 0 atom stereocenters. The van der Waals surface area contributed by atoms with Crippen LogP contribution < -0.4 is 20.4 Å². The largest absolute Gasteiger partial charge is 0.367 e. The van der Waals surface area contributed by atoms with Crippen molar-refractivity contribution in [1.82, 2.24) is 9.62 Å². The van der Waals surface area contributed by atoms with Gasteiger partial charge in [-0.1, -0.05) is 12.1 Å². The fraction of sp³-hybridized carbons (Fsp3) is 0.391. The Bertz CT molecular complexity index is 1270. The third kappa shape index (κ3) is 5.91. The van der Waals surface area contributed by atoms with Crippen LogP contribution in [0.2, 0.25) is 0 Å². The number of hydrogen-bond acceptors (Lipinski definition) is 8. The predicted octanol–water partition coefficient (Wildman–Crippen LogP) is 2.40. The number of nitrogens with zero attached hydrogens (tertiary/aromatic N) is 4. The average molecular weight is 533 g/mol.